The van der Waals surface area contributed by atoms with E-state index in [4.69, 9.17) is 23.2 Å². The van der Waals surface area contributed by atoms with Gasteiger partial charge in [0, 0.05) is 6.42 Å². The maximum atomic E-state index is 10.9. The molecule has 18 heavy (non-hydrogen) atoms. The van der Waals surface area contributed by atoms with Gasteiger partial charge in [-0.2, -0.15) is 0 Å². The lowest BCUT2D eigenvalue weighted by atomic mass is 10.1. The molecular formula is C13H24Cl2O2Si. The number of methoxy groups -OCH3 is 1. The summed E-state index contributed by atoms with van der Waals surface area (Å²) >= 11 is 11.3. The normalized spacial score (nSPS) is 10.9. The molecule has 5 heteroatoms. The second-order valence-corrected chi connectivity index (χ2v) is 7.72. The molecule has 0 unspecified atom stereocenters. The Balaban J connectivity index is 3.01. The summed E-state index contributed by atoms with van der Waals surface area (Å²) in [6.45, 7) is 0. The Hall–Kier alpha value is 0.267. The van der Waals surface area contributed by atoms with Gasteiger partial charge < -0.3 is 4.74 Å². The van der Waals surface area contributed by atoms with Crippen molar-refractivity contribution in [3.63, 3.8) is 0 Å². The summed E-state index contributed by atoms with van der Waals surface area (Å²) in [5.74, 6) is -0.0901. The van der Waals surface area contributed by atoms with Crippen LogP contribution in [0.2, 0.25) is 6.04 Å². The van der Waals surface area contributed by atoms with Crippen LogP contribution < -0.4 is 0 Å². The minimum atomic E-state index is -0.167. The number of hydrogen-bond acceptors (Lipinski definition) is 2. The summed E-state index contributed by atoms with van der Waals surface area (Å²) in [4.78, 5) is 10.9. The van der Waals surface area contributed by atoms with E-state index in [1.54, 1.807) is 0 Å². The van der Waals surface area contributed by atoms with E-state index in [0.29, 0.717) is 15.9 Å². The predicted octanol–water partition coefficient (Wildman–Crippen LogP) is 4.55. The van der Waals surface area contributed by atoms with Gasteiger partial charge in [-0.05, 0) is 6.42 Å². The molecule has 0 amide bonds. The van der Waals surface area contributed by atoms with Gasteiger partial charge in [0.15, 0.2) is 0 Å². The van der Waals surface area contributed by atoms with E-state index >= 15 is 0 Å². The summed E-state index contributed by atoms with van der Waals surface area (Å²) in [7, 11) is 2.13. The van der Waals surface area contributed by atoms with E-state index < -0.39 is 0 Å². The number of ether oxygens (including phenoxy) is 1. The highest BCUT2D eigenvalue weighted by Gasteiger charge is 2.00. The first-order valence-electron chi connectivity index (χ1n) is 6.75. The van der Waals surface area contributed by atoms with E-state index in [1.807, 2.05) is 0 Å². The van der Waals surface area contributed by atoms with E-state index in [1.165, 1.54) is 45.6 Å². The van der Waals surface area contributed by atoms with Crippen molar-refractivity contribution >= 4 is 38.7 Å². The Bertz CT molecular complexity index is 201. The lowest BCUT2D eigenvalue weighted by molar-refractivity contribution is -0.140. The molecule has 0 saturated carbocycles. The SMILES string of the molecule is COC(=O)CCCCCCCCCC[Si]C(Cl)Cl. The van der Waals surface area contributed by atoms with Crippen LogP contribution in [-0.2, 0) is 9.53 Å². The number of unbranched alkanes of at least 4 members (excludes halogenated alkanes) is 7. The van der Waals surface area contributed by atoms with Gasteiger partial charge in [0.25, 0.3) is 0 Å². The van der Waals surface area contributed by atoms with Crippen LogP contribution >= 0.6 is 23.2 Å². The second kappa shape index (κ2) is 13.7. The average molecular weight is 311 g/mol. The van der Waals surface area contributed by atoms with Gasteiger partial charge in [-0.1, -0.05) is 51.0 Å². The third-order valence-corrected chi connectivity index (χ3v) is 4.71. The fraction of sp³-hybridized carbons (Fsp3) is 0.923. The zero-order valence-corrected chi connectivity index (χ0v) is 13.7. The second-order valence-electron chi connectivity index (χ2n) is 4.41. The van der Waals surface area contributed by atoms with Gasteiger partial charge in [0.05, 0.1) is 21.1 Å². The molecule has 0 bridgehead atoms. The summed E-state index contributed by atoms with van der Waals surface area (Å²) in [5, 5.41) is 0. The van der Waals surface area contributed by atoms with Crippen molar-refractivity contribution in [2.75, 3.05) is 7.11 Å². The highest BCUT2D eigenvalue weighted by atomic mass is 35.5. The molecule has 0 aromatic carbocycles. The number of hydrogen-bond donors (Lipinski definition) is 0. The molecule has 0 saturated heterocycles. The third kappa shape index (κ3) is 14.3. The van der Waals surface area contributed by atoms with Crippen molar-refractivity contribution in [1.29, 1.82) is 0 Å². The Labute approximate surface area is 124 Å². The minimum absolute atomic E-state index is 0.0901. The van der Waals surface area contributed by atoms with Crippen LogP contribution in [0.1, 0.15) is 57.8 Å². The number of alkyl halides is 2. The van der Waals surface area contributed by atoms with Crippen molar-refractivity contribution in [3.8, 4) is 0 Å². The lowest BCUT2D eigenvalue weighted by Gasteiger charge is -2.02. The van der Waals surface area contributed by atoms with Crippen LogP contribution in [0, 0.1) is 0 Å². The molecule has 0 aliphatic rings. The minimum Gasteiger partial charge on any atom is -0.469 e. The molecule has 2 nitrogen and oxygen atoms in total. The first-order valence-corrected chi connectivity index (χ1v) is 8.91. The van der Waals surface area contributed by atoms with E-state index in [0.717, 1.165) is 18.9 Å². The number of carbonyl (C=O) groups is 1. The van der Waals surface area contributed by atoms with Crippen molar-refractivity contribution in [2.24, 2.45) is 0 Å². The summed E-state index contributed by atoms with van der Waals surface area (Å²) in [6.07, 6.45) is 10.3. The number of rotatable bonds is 12. The van der Waals surface area contributed by atoms with Crippen LogP contribution in [-0.4, -0.2) is 27.1 Å². The van der Waals surface area contributed by atoms with E-state index in [-0.39, 0.29) is 10.4 Å². The van der Waals surface area contributed by atoms with Crippen LogP contribution in [0.3, 0.4) is 0 Å². The van der Waals surface area contributed by atoms with E-state index in [9.17, 15) is 4.79 Å². The zero-order valence-electron chi connectivity index (χ0n) is 11.2. The largest absolute Gasteiger partial charge is 0.469 e. The molecule has 2 radical (unpaired) electrons. The number of esters is 1. The van der Waals surface area contributed by atoms with Gasteiger partial charge in [0.2, 0.25) is 0 Å². The highest BCUT2D eigenvalue weighted by molar-refractivity contribution is 6.68. The van der Waals surface area contributed by atoms with E-state index in [2.05, 4.69) is 4.74 Å². The van der Waals surface area contributed by atoms with Crippen molar-refractivity contribution in [3.05, 3.63) is 0 Å². The maximum absolute atomic E-state index is 10.9. The Morgan fingerprint density at radius 3 is 2.00 bits per heavy atom. The first-order chi connectivity index (χ1) is 8.66. The molecule has 106 valence electrons. The summed E-state index contributed by atoms with van der Waals surface area (Å²) in [5.41, 5.74) is 0. The monoisotopic (exact) mass is 310 g/mol. The summed E-state index contributed by atoms with van der Waals surface area (Å²) in [6, 6.07) is 1.16. The molecular weight excluding hydrogens is 287 g/mol. The Morgan fingerprint density at radius 1 is 1.00 bits per heavy atom. The molecule has 0 aromatic rings. The quantitative estimate of drug-likeness (QED) is 0.229. The number of carbonyl (C=O) groups excluding carboxylic acids is 1. The van der Waals surface area contributed by atoms with Crippen molar-refractivity contribution < 1.29 is 9.53 Å². The third-order valence-electron chi connectivity index (χ3n) is 2.83. The van der Waals surface area contributed by atoms with Crippen LogP contribution in [0.15, 0.2) is 0 Å². The van der Waals surface area contributed by atoms with Crippen molar-refractivity contribution in [2.45, 2.75) is 68.3 Å². The highest BCUT2D eigenvalue weighted by Crippen LogP contribution is 2.12. The van der Waals surface area contributed by atoms with Gasteiger partial charge in [0.1, 0.15) is 0 Å². The molecule has 0 aliphatic carbocycles. The number of halogens is 2. The molecule has 0 N–H and O–H groups in total. The first kappa shape index (κ1) is 18.3. The molecule has 0 atom stereocenters. The Kier molecular flexibility index (Phi) is 13.9. The van der Waals surface area contributed by atoms with Gasteiger partial charge in [-0.3, -0.25) is 4.79 Å². The van der Waals surface area contributed by atoms with Crippen LogP contribution in [0.4, 0.5) is 0 Å². The van der Waals surface area contributed by atoms with Crippen LogP contribution in [0.25, 0.3) is 0 Å². The average Bonchev–Trinajstić information content (AvgIpc) is 2.35. The topological polar surface area (TPSA) is 26.3 Å². The molecule has 0 aliphatic heterocycles. The molecule has 0 rings (SSSR count). The smallest absolute Gasteiger partial charge is 0.305 e. The molecule has 0 fully saturated rings. The maximum Gasteiger partial charge on any atom is 0.305 e. The van der Waals surface area contributed by atoms with Crippen molar-refractivity contribution in [1.82, 2.24) is 0 Å². The van der Waals surface area contributed by atoms with Gasteiger partial charge in [-0.25, -0.2) is 0 Å². The fourth-order valence-electron chi connectivity index (χ4n) is 1.77. The molecule has 0 aromatic heterocycles. The zero-order chi connectivity index (χ0) is 13.6. The Morgan fingerprint density at radius 2 is 1.50 bits per heavy atom. The van der Waals surface area contributed by atoms with Crippen LogP contribution in [0.5, 0.6) is 0 Å². The standard InChI is InChI=1S/C13H24Cl2O2Si/c1-17-12(16)10-8-6-4-2-3-5-7-9-11-18-13(14)15/h13H,2-11H2,1H3. The molecule has 0 spiro atoms. The summed E-state index contributed by atoms with van der Waals surface area (Å²) < 4.78 is 4.43. The molecule has 0 heterocycles. The van der Waals surface area contributed by atoms with Gasteiger partial charge in [-0.15, -0.1) is 23.2 Å². The van der Waals surface area contributed by atoms with Gasteiger partial charge >= 0.3 is 5.97 Å². The fourth-order valence-corrected chi connectivity index (χ4v) is 3.10. The predicted molar refractivity (Wildman–Crippen MR) is 79.6 cm³/mol. The lowest BCUT2D eigenvalue weighted by Crippen LogP contribution is -2.00.